The minimum Gasteiger partial charge on any atom is -0.481 e. The van der Waals surface area contributed by atoms with Gasteiger partial charge in [0, 0.05) is 5.54 Å². The normalized spacial score (nSPS) is 29.6. The van der Waals surface area contributed by atoms with Crippen molar-refractivity contribution in [3.05, 3.63) is 11.6 Å². The summed E-state index contributed by atoms with van der Waals surface area (Å²) < 4.78 is 0. The summed E-state index contributed by atoms with van der Waals surface area (Å²) in [5.74, 6) is 0.0867. The van der Waals surface area contributed by atoms with E-state index in [1.807, 2.05) is 0 Å². The van der Waals surface area contributed by atoms with E-state index in [1.165, 1.54) is 24.8 Å². The molecule has 0 aromatic heterocycles. The van der Waals surface area contributed by atoms with Gasteiger partial charge in [-0.1, -0.05) is 43.9 Å². The molecule has 1 fully saturated rings. The largest absolute Gasteiger partial charge is 0.481 e. The van der Waals surface area contributed by atoms with Gasteiger partial charge < -0.3 is 5.11 Å². The number of unbranched alkanes of at least 4 members (excludes halogenated alkanes) is 1. The Labute approximate surface area is 109 Å². The standard InChI is InChI=1S/C14H23ClO2/c1-2-3-5-12-6-9-14(10-7-12,13(16)17)8-4-11-15/h4,11-12H,2-3,5-10H2,1H3,(H,16,17)/b11-4+. The van der Waals surface area contributed by atoms with Crippen LogP contribution >= 0.6 is 11.6 Å². The summed E-state index contributed by atoms with van der Waals surface area (Å²) in [5.41, 5.74) is 0.891. The monoisotopic (exact) mass is 258 g/mol. The van der Waals surface area contributed by atoms with Crippen LogP contribution in [0.1, 0.15) is 58.3 Å². The van der Waals surface area contributed by atoms with Crippen LogP contribution in [0.2, 0.25) is 0 Å². The van der Waals surface area contributed by atoms with Crippen molar-refractivity contribution < 1.29 is 9.90 Å². The second-order valence-electron chi connectivity index (χ2n) is 5.24. The highest BCUT2D eigenvalue weighted by Crippen LogP contribution is 2.43. The van der Waals surface area contributed by atoms with E-state index in [9.17, 15) is 9.90 Å². The number of carbonyl (C=O) groups is 1. The molecule has 0 radical (unpaired) electrons. The number of hydrogen-bond acceptors (Lipinski definition) is 1. The van der Waals surface area contributed by atoms with Crippen molar-refractivity contribution in [1.29, 1.82) is 0 Å². The zero-order valence-corrected chi connectivity index (χ0v) is 11.4. The summed E-state index contributed by atoms with van der Waals surface area (Å²) in [6.45, 7) is 2.20. The summed E-state index contributed by atoms with van der Waals surface area (Å²) >= 11 is 5.51. The Balaban J connectivity index is 2.52. The minimum absolute atomic E-state index is 0.548. The predicted octanol–water partition coefficient (Wildman–Crippen LogP) is 4.58. The Bertz CT molecular complexity index is 265. The van der Waals surface area contributed by atoms with Crippen LogP contribution in [-0.4, -0.2) is 11.1 Å². The zero-order chi connectivity index (χ0) is 12.7. The van der Waals surface area contributed by atoms with Gasteiger partial charge in [0.15, 0.2) is 0 Å². The molecule has 0 saturated heterocycles. The van der Waals surface area contributed by atoms with Crippen molar-refractivity contribution in [1.82, 2.24) is 0 Å². The summed E-state index contributed by atoms with van der Waals surface area (Å²) in [6, 6.07) is 0. The SMILES string of the molecule is CCCCC1CCC(C/C=C/Cl)(C(=O)O)CC1. The predicted molar refractivity (Wildman–Crippen MR) is 71.2 cm³/mol. The molecule has 1 N–H and O–H groups in total. The maximum atomic E-state index is 11.4. The summed E-state index contributed by atoms with van der Waals surface area (Å²) in [4.78, 5) is 11.4. The maximum absolute atomic E-state index is 11.4. The van der Waals surface area contributed by atoms with E-state index in [4.69, 9.17) is 11.6 Å². The fourth-order valence-electron chi connectivity index (χ4n) is 2.79. The van der Waals surface area contributed by atoms with Crippen LogP contribution in [0.3, 0.4) is 0 Å². The Morgan fingerprint density at radius 1 is 1.47 bits per heavy atom. The average Bonchev–Trinajstić information content (AvgIpc) is 2.35. The topological polar surface area (TPSA) is 37.3 Å². The third-order valence-corrected chi connectivity index (χ3v) is 4.26. The Morgan fingerprint density at radius 3 is 2.59 bits per heavy atom. The first-order valence-corrected chi connectivity index (χ1v) is 7.07. The molecule has 1 aliphatic carbocycles. The molecule has 17 heavy (non-hydrogen) atoms. The van der Waals surface area contributed by atoms with Gasteiger partial charge >= 0.3 is 5.97 Å². The van der Waals surface area contributed by atoms with E-state index < -0.39 is 11.4 Å². The van der Waals surface area contributed by atoms with E-state index >= 15 is 0 Å². The Hall–Kier alpha value is -0.500. The zero-order valence-electron chi connectivity index (χ0n) is 10.6. The molecule has 0 heterocycles. The smallest absolute Gasteiger partial charge is 0.309 e. The van der Waals surface area contributed by atoms with Gasteiger partial charge in [0.2, 0.25) is 0 Å². The van der Waals surface area contributed by atoms with Gasteiger partial charge in [0.1, 0.15) is 0 Å². The van der Waals surface area contributed by atoms with Crippen molar-refractivity contribution in [2.75, 3.05) is 0 Å². The van der Waals surface area contributed by atoms with Crippen LogP contribution in [0.25, 0.3) is 0 Å². The molecule has 3 heteroatoms. The van der Waals surface area contributed by atoms with Gasteiger partial charge in [-0.05, 0) is 38.0 Å². The highest BCUT2D eigenvalue weighted by atomic mass is 35.5. The maximum Gasteiger partial charge on any atom is 0.309 e. The molecule has 1 rings (SSSR count). The molecular formula is C14H23ClO2. The van der Waals surface area contributed by atoms with E-state index in [-0.39, 0.29) is 0 Å². The third-order valence-electron chi connectivity index (χ3n) is 4.08. The van der Waals surface area contributed by atoms with Gasteiger partial charge in [-0.15, -0.1) is 0 Å². The van der Waals surface area contributed by atoms with Crippen LogP contribution in [0.4, 0.5) is 0 Å². The first kappa shape index (κ1) is 14.6. The summed E-state index contributed by atoms with van der Waals surface area (Å²) in [7, 11) is 0. The van der Waals surface area contributed by atoms with E-state index in [0.717, 1.165) is 31.6 Å². The molecule has 0 aliphatic heterocycles. The molecule has 0 unspecified atom stereocenters. The van der Waals surface area contributed by atoms with Crippen molar-refractivity contribution in [3.8, 4) is 0 Å². The van der Waals surface area contributed by atoms with Crippen LogP contribution in [0, 0.1) is 11.3 Å². The lowest BCUT2D eigenvalue weighted by atomic mass is 9.68. The van der Waals surface area contributed by atoms with Gasteiger partial charge in [0.05, 0.1) is 5.41 Å². The number of aliphatic carboxylic acids is 1. The van der Waals surface area contributed by atoms with E-state index in [2.05, 4.69) is 6.92 Å². The van der Waals surface area contributed by atoms with Gasteiger partial charge in [-0.2, -0.15) is 0 Å². The number of rotatable bonds is 6. The highest BCUT2D eigenvalue weighted by molar-refractivity contribution is 6.25. The molecule has 0 aromatic rings. The van der Waals surface area contributed by atoms with Crippen LogP contribution in [0.5, 0.6) is 0 Å². The Morgan fingerprint density at radius 2 is 2.12 bits per heavy atom. The van der Waals surface area contributed by atoms with Crippen LogP contribution in [-0.2, 0) is 4.79 Å². The molecule has 98 valence electrons. The van der Waals surface area contributed by atoms with Crippen molar-refractivity contribution in [3.63, 3.8) is 0 Å². The highest BCUT2D eigenvalue weighted by Gasteiger charge is 2.40. The molecule has 0 amide bonds. The second-order valence-corrected chi connectivity index (χ2v) is 5.49. The summed E-state index contributed by atoms with van der Waals surface area (Å²) in [6.07, 6.45) is 9.84. The molecule has 1 saturated carbocycles. The molecule has 0 aromatic carbocycles. The van der Waals surface area contributed by atoms with Gasteiger partial charge in [-0.25, -0.2) is 0 Å². The Kier molecular flexibility index (Phi) is 6.04. The molecule has 1 aliphatic rings. The number of allylic oxidation sites excluding steroid dienone is 1. The fourth-order valence-corrected chi connectivity index (χ4v) is 2.88. The van der Waals surface area contributed by atoms with Crippen LogP contribution < -0.4 is 0 Å². The van der Waals surface area contributed by atoms with E-state index in [1.54, 1.807) is 6.08 Å². The fraction of sp³-hybridized carbons (Fsp3) is 0.786. The van der Waals surface area contributed by atoms with Gasteiger partial charge in [0.25, 0.3) is 0 Å². The van der Waals surface area contributed by atoms with Crippen molar-refractivity contribution >= 4 is 17.6 Å². The lowest BCUT2D eigenvalue weighted by Crippen LogP contribution is -2.35. The molecule has 0 atom stereocenters. The average molecular weight is 259 g/mol. The number of carboxylic acid groups (broad SMARTS) is 1. The lowest BCUT2D eigenvalue weighted by Gasteiger charge is -2.36. The van der Waals surface area contributed by atoms with Gasteiger partial charge in [-0.3, -0.25) is 4.79 Å². The number of hydrogen-bond donors (Lipinski definition) is 1. The molecule has 0 bridgehead atoms. The molecule has 0 spiro atoms. The van der Waals surface area contributed by atoms with Crippen molar-refractivity contribution in [2.24, 2.45) is 11.3 Å². The first-order chi connectivity index (χ1) is 8.14. The second kappa shape index (κ2) is 7.05. The summed E-state index contributed by atoms with van der Waals surface area (Å²) in [5, 5.41) is 9.40. The molecule has 2 nitrogen and oxygen atoms in total. The lowest BCUT2D eigenvalue weighted by molar-refractivity contribution is -0.151. The van der Waals surface area contributed by atoms with Crippen LogP contribution in [0.15, 0.2) is 11.6 Å². The minimum atomic E-state index is -0.652. The third kappa shape index (κ3) is 4.02. The first-order valence-electron chi connectivity index (χ1n) is 6.63. The number of halogens is 1. The molecular weight excluding hydrogens is 236 g/mol. The quantitative estimate of drug-likeness (QED) is 0.757. The van der Waals surface area contributed by atoms with Crippen molar-refractivity contribution in [2.45, 2.75) is 58.3 Å². The van der Waals surface area contributed by atoms with E-state index in [0.29, 0.717) is 6.42 Å². The number of carboxylic acids is 1.